The Balaban J connectivity index is 3.13. The van der Waals surface area contributed by atoms with E-state index in [0.717, 1.165) is 6.20 Å². The van der Waals surface area contributed by atoms with E-state index in [2.05, 4.69) is 0 Å². The fourth-order valence-electron chi connectivity index (χ4n) is 1.30. The monoisotopic (exact) mass is 229 g/mol. The average molecular weight is 229 g/mol. The lowest BCUT2D eigenvalue weighted by Crippen LogP contribution is -2.07. The molecule has 0 saturated heterocycles. The zero-order valence-electron chi connectivity index (χ0n) is 9.63. The van der Waals surface area contributed by atoms with Crippen molar-refractivity contribution in [2.75, 3.05) is 0 Å². The lowest BCUT2D eigenvalue weighted by atomic mass is 10.0. The van der Waals surface area contributed by atoms with Gasteiger partial charge in [-0.3, -0.25) is 4.79 Å². The zero-order valence-corrected chi connectivity index (χ0v) is 9.63. The molecule has 0 aromatic heterocycles. The third kappa shape index (κ3) is 3.34. The Morgan fingerprint density at radius 3 is 2.47 bits per heavy atom. The van der Waals surface area contributed by atoms with Crippen molar-refractivity contribution in [3.05, 3.63) is 71.7 Å². The van der Waals surface area contributed by atoms with E-state index in [9.17, 15) is 9.90 Å². The highest BCUT2D eigenvalue weighted by molar-refractivity contribution is 6.11. The number of carbonyl (C=O) groups is 1. The number of Topliss-reactive ketones (excluding diaryl/α,β-unsaturated/α-hetero) is 1. The Morgan fingerprint density at radius 1 is 1.29 bits per heavy atom. The van der Waals surface area contributed by atoms with E-state index in [-0.39, 0.29) is 17.1 Å². The van der Waals surface area contributed by atoms with Crippen molar-refractivity contribution < 1.29 is 9.90 Å². The van der Waals surface area contributed by atoms with Crippen LogP contribution in [0, 0.1) is 0 Å². The van der Waals surface area contributed by atoms with Crippen molar-refractivity contribution >= 4 is 5.78 Å². The Hall–Kier alpha value is -2.29. The molecule has 1 rings (SSSR count). The third-order valence-corrected chi connectivity index (χ3v) is 2.17. The minimum absolute atomic E-state index is 0.178. The highest BCUT2D eigenvalue weighted by Gasteiger charge is 2.14. The number of aliphatic hydroxyl groups excluding tert-OH is 1. The first-order valence-corrected chi connectivity index (χ1v) is 5.24. The van der Waals surface area contributed by atoms with Crippen LogP contribution in [0.25, 0.3) is 0 Å². The maximum absolute atomic E-state index is 12.1. The number of allylic oxidation sites excluding steroid dienone is 4. The van der Waals surface area contributed by atoms with E-state index in [1.165, 1.54) is 6.08 Å². The molecule has 0 atom stereocenters. The minimum Gasteiger partial charge on any atom is -0.506 e. The van der Waals surface area contributed by atoms with Crippen LogP contribution in [-0.2, 0) is 0 Å². The van der Waals surface area contributed by atoms with Gasteiger partial charge in [0, 0.05) is 11.8 Å². The second-order valence-electron chi connectivity index (χ2n) is 3.35. The summed E-state index contributed by atoms with van der Waals surface area (Å²) in [5.41, 5.74) is 5.92. The topological polar surface area (TPSA) is 63.3 Å². The SMILES string of the molecule is C/C=C/C=C(C(=O)c1ccccc1)\C(O)=C/N. The molecule has 1 aromatic carbocycles. The minimum atomic E-state index is -0.261. The number of ketones is 1. The molecule has 1 aromatic rings. The fraction of sp³-hybridized carbons (Fsp3) is 0.0714. The van der Waals surface area contributed by atoms with Crippen LogP contribution in [0.3, 0.4) is 0 Å². The van der Waals surface area contributed by atoms with Crippen LogP contribution in [0.2, 0.25) is 0 Å². The standard InChI is InChI=1S/C14H15NO2/c1-2-3-9-12(13(16)10-15)14(17)11-7-5-4-6-8-11/h2-10,16H,15H2,1H3/b3-2+,12-9+,13-10+. The van der Waals surface area contributed by atoms with Crippen LogP contribution >= 0.6 is 0 Å². The first kappa shape index (κ1) is 12.8. The molecule has 0 spiro atoms. The maximum Gasteiger partial charge on any atom is 0.196 e. The van der Waals surface area contributed by atoms with Gasteiger partial charge in [-0.05, 0) is 13.0 Å². The summed E-state index contributed by atoms with van der Waals surface area (Å²) < 4.78 is 0. The molecule has 0 aliphatic rings. The summed E-state index contributed by atoms with van der Waals surface area (Å²) >= 11 is 0. The number of hydrogen-bond donors (Lipinski definition) is 2. The van der Waals surface area contributed by atoms with Gasteiger partial charge >= 0.3 is 0 Å². The van der Waals surface area contributed by atoms with Crippen LogP contribution in [0.1, 0.15) is 17.3 Å². The van der Waals surface area contributed by atoms with Crippen LogP contribution < -0.4 is 5.73 Å². The fourth-order valence-corrected chi connectivity index (χ4v) is 1.30. The van der Waals surface area contributed by atoms with Gasteiger partial charge in [-0.25, -0.2) is 0 Å². The summed E-state index contributed by atoms with van der Waals surface area (Å²) in [4.78, 5) is 12.1. The van der Waals surface area contributed by atoms with Gasteiger partial charge in [0.15, 0.2) is 5.78 Å². The summed E-state index contributed by atoms with van der Waals surface area (Å²) in [7, 11) is 0. The van der Waals surface area contributed by atoms with E-state index in [4.69, 9.17) is 5.73 Å². The average Bonchev–Trinajstić information content (AvgIpc) is 2.39. The van der Waals surface area contributed by atoms with Gasteiger partial charge in [0.05, 0.1) is 5.57 Å². The molecule has 0 radical (unpaired) electrons. The van der Waals surface area contributed by atoms with Gasteiger partial charge in [0.25, 0.3) is 0 Å². The molecular weight excluding hydrogens is 214 g/mol. The summed E-state index contributed by atoms with van der Waals surface area (Å²) in [6, 6.07) is 8.74. The number of hydrogen-bond acceptors (Lipinski definition) is 3. The van der Waals surface area contributed by atoms with E-state index in [1.807, 2.05) is 13.0 Å². The number of rotatable bonds is 4. The largest absolute Gasteiger partial charge is 0.506 e. The molecule has 0 bridgehead atoms. The smallest absolute Gasteiger partial charge is 0.196 e. The number of benzene rings is 1. The van der Waals surface area contributed by atoms with Gasteiger partial charge < -0.3 is 10.8 Å². The van der Waals surface area contributed by atoms with Crippen molar-refractivity contribution in [3.63, 3.8) is 0 Å². The first-order valence-electron chi connectivity index (χ1n) is 5.24. The molecule has 0 aliphatic heterocycles. The Bertz CT molecular complexity index is 470. The van der Waals surface area contributed by atoms with E-state index in [1.54, 1.807) is 36.4 Å². The summed E-state index contributed by atoms with van der Waals surface area (Å²) in [6.45, 7) is 1.82. The molecule has 0 heterocycles. The van der Waals surface area contributed by atoms with Crippen molar-refractivity contribution in [1.82, 2.24) is 0 Å². The highest BCUT2D eigenvalue weighted by atomic mass is 16.3. The molecule has 0 fully saturated rings. The Morgan fingerprint density at radius 2 is 1.94 bits per heavy atom. The molecular formula is C14H15NO2. The normalized spacial score (nSPS) is 13.0. The van der Waals surface area contributed by atoms with Gasteiger partial charge in [0.1, 0.15) is 5.76 Å². The molecule has 17 heavy (non-hydrogen) atoms. The molecule has 0 saturated carbocycles. The number of carbonyl (C=O) groups excluding carboxylic acids is 1. The molecule has 0 unspecified atom stereocenters. The van der Waals surface area contributed by atoms with E-state index >= 15 is 0 Å². The molecule has 0 aliphatic carbocycles. The van der Waals surface area contributed by atoms with Crippen LogP contribution in [-0.4, -0.2) is 10.9 Å². The van der Waals surface area contributed by atoms with Crippen LogP contribution in [0.5, 0.6) is 0 Å². The van der Waals surface area contributed by atoms with Crippen LogP contribution in [0.15, 0.2) is 66.1 Å². The van der Waals surface area contributed by atoms with Crippen molar-refractivity contribution in [2.24, 2.45) is 5.73 Å². The molecule has 3 heteroatoms. The third-order valence-electron chi connectivity index (χ3n) is 2.17. The van der Waals surface area contributed by atoms with Crippen molar-refractivity contribution in [1.29, 1.82) is 0 Å². The Kier molecular flexibility index (Phi) is 4.76. The van der Waals surface area contributed by atoms with Gasteiger partial charge in [0.2, 0.25) is 0 Å². The Labute approximate surface area is 101 Å². The lowest BCUT2D eigenvalue weighted by Gasteiger charge is -2.04. The zero-order chi connectivity index (χ0) is 12.7. The molecule has 3 nitrogen and oxygen atoms in total. The quantitative estimate of drug-likeness (QED) is 0.361. The number of aliphatic hydroxyl groups is 1. The predicted molar refractivity (Wildman–Crippen MR) is 68.6 cm³/mol. The number of nitrogens with two attached hydrogens (primary N) is 1. The summed E-state index contributed by atoms with van der Waals surface area (Å²) in [6.07, 6.45) is 5.99. The van der Waals surface area contributed by atoms with Crippen molar-refractivity contribution in [2.45, 2.75) is 6.92 Å². The molecule has 0 amide bonds. The second-order valence-corrected chi connectivity index (χ2v) is 3.35. The summed E-state index contributed by atoms with van der Waals surface area (Å²) in [5, 5.41) is 9.59. The predicted octanol–water partition coefficient (Wildman–Crippen LogP) is 2.73. The van der Waals surface area contributed by atoms with E-state index in [0.29, 0.717) is 5.56 Å². The van der Waals surface area contributed by atoms with E-state index < -0.39 is 0 Å². The van der Waals surface area contributed by atoms with Crippen molar-refractivity contribution in [3.8, 4) is 0 Å². The molecule has 3 N–H and O–H groups in total. The van der Waals surface area contributed by atoms with Gasteiger partial charge in [-0.1, -0.05) is 42.5 Å². The van der Waals surface area contributed by atoms with Gasteiger partial charge in [-0.2, -0.15) is 0 Å². The van der Waals surface area contributed by atoms with Crippen LogP contribution in [0.4, 0.5) is 0 Å². The highest BCUT2D eigenvalue weighted by Crippen LogP contribution is 2.14. The second kappa shape index (κ2) is 6.33. The van der Waals surface area contributed by atoms with Gasteiger partial charge in [-0.15, -0.1) is 0 Å². The molecule has 88 valence electrons. The summed E-state index contributed by atoms with van der Waals surface area (Å²) in [5.74, 6) is -0.486. The first-order chi connectivity index (χ1) is 8.20. The maximum atomic E-state index is 12.1. The lowest BCUT2D eigenvalue weighted by molar-refractivity contribution is 0.103.